The molecule has 0 aliphatic carbocycles. The van der Waals surface area contributed by atoms with Gasteiger partial charge in [0.25, 0.3) is 5.69 Å². The Hall–Kier alpha value is -1.32. The number of benzene rings is 1. The van der Waals surface area contributed by atoms with Crippen molar-refractivity contribution in [3.8, 4) is 0 Å². The fraction of sp³-hybridized carbons (Fsp3) is 0.333. The maximum Gasteiger partial charge on any atom is 0.263 e. The van der Waals surface area contributed by atoms with Crippen molar-refractivity contribution < 1.29 is 4.92 Å². The third kappa shape index (κ3) is 2.31. The van der Waals surface area contributed by atoms with Crippen molar-refractivity contribution in [2.24, 2.45) is 0 Å². The zero-order valence-corrected chi connectivity index (χ0v) is 7.91. The van der Waals surface area contributed by atoms with Gasteiger partial charge >= 0.3 is 0 Å². The van der Waals surface area contributed by atoms with Crippen LogP contribution in [-0.4, -0.2) is 12.8 Å². The molecule has 0 heterocycles. The van der Waals surface area contributed by atoms with Crippen molar-refractivity contribution in [1.82, 2.24) is 0 Å². The van der Waals surface area contributed by atoms with Gasteiger partial charge in [-0.3, -0.25) is 10.1 Å². The average Bonchev–Trinajstić information content (AvgIpc) is 2.08. The molecule has 68 valence electrons. The molecule has 0 spiro atoms. The summed E-state index contributed by atoms with van der Waals surface area (Å²) < 4.78 is 0. The van der Waals surface area contributed by atoms with Crippen LogP contribution >= 0.6 is 0 Å². The highest BCUT2D eigenvalue weighted by Gasteiger charge is 2.09. The number of nitro groups is 1. The lowest BCUT2D eigenvalue weighted by Crippen LogP contribution is -2.09. The van der Waals surface area contributed by atoms with Crippen LogP contribution in [0.15, 0.2) is 18.2 Å². The Morgan fingerprint density at radius 3 is 2.77 bits per heavy atom. The Bertz CT molecular complexity index is 325. The number of rotatable bonds is 3. The summed E-state index contributed by atoms with van der Waals surface area (Å²) in [5.41, 5.74) is 2.00. The van der Waals surface area contributed by atoms with E-state index in [4.69, 9.17) is 0 Å². The van der Waals surface area contributed by atoms with Crippen LogP contribution < -0.4 is 5.46 Å². The zero-order valence-electron chi connectivity index (χ0n) is 7.91. The number of nitro benzene ring substituents is 1. The molecule has 0 aliphatic rings. The van der Waals surface area contributed by atoms with E-state index in [1.807, 2.05) is 12.1 Å². The first-order valence-corrected chi connectivity index (χ1v) is 4.39. The quantitative estimate of drug-likeness (QED) is 0.389. The maximum absolute atomic E-state index is 10.6. The van der Waals surface area contributed by atoms with Gasteiger partial charge in [0.15, 0.2) is 0 Å². The van der Waals surface area contributed by atoms with Gasteiger partial charge in [-0.1, -0.05) is 25.5 Å². The van der Waals surface area contributed by atoms with Crippen LogP contribution in [0.4, 0.5) is 5.69 Å². The van der Waals surface area contributed by atoms with Crippen LogP contribution in [0.3, 0.4) is 0 Å². The van der Waals surface area contributed by atoms with Gasteiger partial charge in [0.1, 0.15) is 7.85 Å². The third-order valence-electron chi connectivity index (χ3n) is 2.01. The van der Waals surface area contributed by atoms with Crippen molar-refractivity contribution in [2.75, 3.05) is 0 Å². The first-order chi connectivity index (χ1) is 6.15. The largest absolute Gasteiger partial charge is 0.263 e. The predicted octanol–water partition coefficient (Wildman–Crippen LogP) is 0.806. The minimum absolute atomic E-state index is 0.228. The van der Waals surface area contributed by atoms with Crippen LogP contribution in [0.5, 0.6) is 0 Å². The molecule has 0 saturated carbocycles. The van der Waals surface area contributed by atoms with Gasteiger partial charge in [-0.15, -0.1) is 0 Å². The lowest BCUT2D eigenvalue weighted by atomic mass is 9.92. The lowest BCUT2D eigenvalue weighted by Gasteiger charge is -2.00. The molecule has 0 N–H and O–H groups in total. The molecule has 0 saturated heterocycles. The molecule has 13 heavy (non-hydrogen) atoms. The van der Waals surface area contributed by atoms with Crippen molar-refractivity contribution >= 4 is 19.0 Å². The monoisotopic (exact) mass is 177 g/mol. The number of hydrogen-bond acceptors (Lipinski definition) is 2. The standard InChI is InChI=1S/C9H12BNO2/c1-2-3-7-4-5-8(10)9(6-7)11(12)13/h4-6H,2-3,10H2,1H3. The number of nitrogens with zero attached hydrogens (tertiary/aromatic N) is 1. The fourth-order valence-corrected chi connectivity index (χ4v) is 1.30. The molecule has 0 radical (unpaired) electrons. The van der Waals surface area contributed by atoms with Gasteiger partial charge in [0.05, 0.1) is 4.92 Å². The molecule has 0 aliphatic heterocycles. The molecular weight excluding hydrogens is 165 g/mol. The molecule has 1 aromatic rings. The number of hydrogen-bond donors (Lipinski definition) is 0. The van der Waals surface area contributed by atoms with E-state index >= 15 is 0 Å². The van der Waals surface area contributed by atoms with Gasteiger partial charge in [0, 0.05) is 6.07 Å². The molecular formula is C9H12BNO2. The van der Waals surface area contributed by atoms with E-state index in [0.29, 0.717) is 0 Å². The summed E-state index contributed by atoms with van der Waals surface area (Å²) in [6, 6.07) is 5.42. The van der Waals surface area contributed by atoms with Crippen LogP contribution in [0.2, 0.25) is 0 Å². The van der Waals surface area contributed by atoms with Crippen molar-refractivity contribution in [3.05, 3.63) is 33.9 Å². The van der Waals surface area contributed by atoms with Gasteiger partial charge in [-0.2, -0.15) is 0 Å². The normalized spacial score (nSPS) is 9.92. The van der Waals surface area contributed by atoms with E-state index in [1.165, 1.54) is 0 Å². The molecule has 0 amide bonds. The molecule has 4 heteroatoms. The van der Waals surface area contributed by atoms with Crippen LogP contribution in [-0.2, 0) is 6.42 Å². The molecule has 1 aromatic carbocycles. The van der Waals surface area contributed by atoms with Crippen LogP contribution in [0, 0.1) is 10.1 Å². The van der Waals surface area contributed by atoms with E-state index in [9.17, 15) is 10.1 Å². The Balaban J connectivity index is 3.04. The van der Waals surface area contributed by atoms with E-state index in [0.717, 1.165) is 23.9 Å². The van der Waals surface area contributed by atoms with Crippen molar-refractivity contribution in [1.29, 1.82) is 0 Å². The summed E-state index contributed by atoms with van der Waals surface area (Å²) in [5, 5.41) is 10.6. The summed E-state index contributed by atoms with van der Waals surface area (Å²) in [7, 11) is 1.76. The van der Waals surface area contributed by atoms with E-state index in [1.54, 1.807) is 13.9 Å². The molecule has 0 atom stereocenters. The van der Waals surface area contributed by atoms with Crippen LogP contribution in [0.1, 0.15) is 18.9 Å². The first-order valence-electron chi connectivity index (χ1n) is 4.39. The summed E-state index contributed by atoms with van der Waals surface area (Å²) in [6.45, 7) is 2.06. The van der Waals surface area contributed by atoms with Gasteiger partial charge < -0.3 is 0 Å². The Morgan fingerprint density at radius 1 is 1.54 bits per heavy atom. The van der Waals surface area contributed by atoms with E-state index < -0.39 is 0 Å². The second kappa shape index (κ2) is 4.07. The molecule has 3 nitrogen and oxygen atoms in total. The lowest BCUT2D eigenvalue weighted by molar-refractivity contribution is -0.383. The minimum atomic E-state index is -0.325. The molecule has 0 unspecified atom stereocenters. The summed E-state index contributed by atoms with van der Waals surface area (Å²) in [5.74, 6) is 0. The van der Waals surface area contributed by atoms with Crippen molar-refractivity contribution in [3.63, 3.8) is 0 Å². The van der Waals surface area contributed by atoms with Gasteiger partial charge in [-0.05, 0) is 17.4 Å². The Morgan fingerprint density at radius 2 is 2.23 bits per heavy atom. The predicted molar refractivity (Wildman–Crippen MR) is 55.3 cm³/mol. The minimum Gasteiger partial charge on any atom is -0.258 e. The summed E-state index contributed by atoms with van der Waals surface area (Å²) in [4.78, 5) is 10.3. The second-order valence-electron chi connectivity index (χ2n) is 3.13. The SMILES string of the molecule is Bc1ccc(CCC)cc1[N+](=O)[O-]. The van der Waals surface area contributed by atoms with Gasteiger partial charge in [0.2, 0.25) is 0 Å². The first kappa shape index (κ1) is 9.77. The average molecular weight is 177 g/mol. The van der Waals surface area contributed by atoms with Gasteiger partial charge in [-0.25, -0.2) is 0 Å². The molecule has 0 fully saturated rings. The van der Waals surface area contributed by atoms with E-state index in [2.05, 4.69) is 6.92 Å². The maximum atomic E-state index is 10.6. The highest BCUT2D eigenvalue weighted by Crippen LogP contribution is 2.11. The second-order valence-corrected chi connectivity index (χ2v) is 3.13. The smallest absolute Gasteiger partial charge is 0.258 e. The topological polar surface area (TPSA) is 43.1 Å². The third-order valence-corrected chi connectivity index (χ3v) is 2.01. The summed E-state index contributed by atoms with van der Waals surface area (Å²) in [6.07, 6.45) is 1.92. The fourth-order valence-electron chi connectivity index (χ4n) is 1.30. The highest BCUT2D eigenvalue weighted by molar-refractivity contribution is 6.35. The molecule has 0 aromatic heterocycles. The molecule has 1 rings (SSSR count). The Labute approximate surface area is 78.3 Å². The van der Waals surface area contributed by atoms with Crippen LogP contribution in [0.25, 0.3) is 0 Å². The Kier molecular flexibility index (Phi) is 3.06. The zero-order chi connectivity index (χ0) is 9.84. The highest BCUT2D eigenvalue weighted by atomic mass is 16.6. The number of aryl methyl sites for hydroxylation is 1. The summed E-state index contributed by atoms with van der Waals surface area (Å²) >= 11 is 0. The van der Waals surface area contributed by atoms with Crippen molar-refractivity contribution in [2.45, 2.75) is 19.8 Å². The van der Waals surface area contributed by atoms with E-state index in [-0.39, 0.29) is 10.6 Å². The molecule has 0 bridgehead atoms.